The Bertz CT molecular complexity index is 159. The summed E-state index contributed by atoms with van der Waals surface area (Å²) in [5.41, 5.74) is 0. The van der Waals surface area contributed by atoms with Crippen LogP contribution in [0.5, 0.6) is 0 Å². The highest BCUT2D eigenvalue weighted by Crippen LogP contribution is 2.47. The van der Waals surface area contributed by atoms with Crippen LogP contribution in [0.3, 0.4) is 0 Å². The van der Waals surface area contributed by atoms with Crippen LogP contribution in [0.15, 0.2) is 0 Å². The Hall–Kier alpha value is 0.120. The van der Waals surface area contributed by atoms with E-state index in [0.29, 0.717) is 5.92 Å². The van der Waals surface area contributed by atoms with Gasteiger partial charge in [0.25, 0.3) is 0 Å². The van der Waals surface area contributed by atoms with E-state index in [9.17, 15) is 8.76 Å². The van der Waals surface area contributed by atoms with Gasteiger partial charge in [0, 0.05) is 0 Å². The standard InChI is InChI=1S/C8H18FO2P/c1-4-12(9,10)11-7-5-6-8(2)3/h8H,4-7H2,1-3H3. The molecule has 1 unspecified atom stereocenters. The number of halogens is 1. The molecule has 0 saturated carbocycles. The van der Waals surface area contributed by atoms with Gasteiger partial charge in [0.2, 0.25) is 0 Å². The highest BCUT2D eigenvalue weighted by molar-refractivity contribution is 7.53. The molecule has 2 nitrogen and oxygen atoms in total. The first-order valence-corrected chi connectivity index (χ1v) is 6.11. The van der Waals surface area contributed by atoms with Crippen LogP contribution in [-0.2, 0) is 9.09 Å². The summed E-state index contributed by atoms with van der Waals surface area (Å²) in [5, 5.41) is 0. The van der Waals surface area contributed by atoms with Gasteiger partial charge in [0.15, 0.2) is 0 Å². The van der Waals surface area contributed by atoms with Crippen molar-refractivity contribution in [3.05, 3.63) is 0 Å². The normalized spacial score (nSPS) is 16.4. The molecule has 0 spiro atoms. The van der Waals surface area contributed by atoms with Gasteiger partial charge in [-0.2, -0.15) is 4.20 Å². The van der Waals surface area contributed by atoms with E-state index in [1.165, 1.54) is 6.92 Å². The van der Waals surface area contributed by atoms with Gasteiger partial charge in [-0.15, -0.1) is 0 Å². The summed E-state index contributed by atoms with van der Waals surface area (Å²) in [7, 11) is -3.73. The summed E-state index contributed by atoms with van der Waals surface area (Å²) in [6.45, 7) is 5.99. The Kier molecular flexibility index (Phi) is 5.77. The molecule has 0 rings (SSSR count). The SMILES string of the molecule is CCP(=O)(F)OCCCC(C)C. The lowest BCUT2D eigenvalue weighted by molar-refractivity contribution is 0.273. The Balaban J connectivity index is 3.38. The first kappa shape index (κ1) is 12.1. The third-order valence-electron chi connectivity index (χ3n) is 1.59. The van der Waals surface area contributed by atoms with Crippen molar-refractivity contribution in [3.8, 4) is 0 Å². The molecule has 12 heavy (non-hydrogen) atoms. The zero-order valence-corrected chi connectivity index (χ0v) is 8.94. The van der Waals surface area contributed by atoms with E-state index in [2.05, 4.69) is 18.4 Å². The highest BCUT2D eigenvalue weighted by Gasteiger charge is 2.17. The lowest BCUT2D eigenvalue weighted by atomic mass is 10.1. The van der Waals surface area contributed by atoms with Crippen LogP contribution in [0.25, 0.3) is 0 Å². The first-order valence-electron chi connectivity index (χ1n) is 4.41. The second-order valence-corrected chi connectivity index (χ2v) is 5.35. The molecule has 0 heterocycles. The Morgan fingerprint density at radius 2 is 2.08 bits per heavy atom. The fraction of sp³-hybridized carbons (Fsp3) is 1.00. The average Bonchev–Trinajstić information content (AvgIpc) is 1.98. The van der Waals surface area contributed by atoms with Crippen LogP contribution < -0.4 is 0 Å². The van der Waals surface area contributed by atoms with Crippen molar-refractivity contribution in [1.29, 1.82) is 0 Å². The van der Waals surface area contributed by atoms with E-state index in [1.54, 1.807) is 0 Å². The smallest absolute Gasteiger partial charge is 0.306 e. The number of hydrogen-bond donors (Lipinski definition) is 0. The van der Waals surface area contributed by atoms with E-state index in [4.69, 9.17) is 0 Å². The molecule has 0 aliphatic carbocycles. The summed E-state index contributed by atoms with van der Waals surface area (Å²) >= 11 is 0. The zero-order valence-electron chi connectivity index (χ0n) is 8.05. The van der Waals surface area contributed by atoms with Crippen LogP contribution in [-0.4, -0.2) is 12.8 Å². The fourth-order valence-electron chi connectivity index (χ4n) is 0.784. The Morgan fingerprint density at radius 3 is 2.50 bits per heavy atom. The molecule has 0 saturated heterocycles. The van der Waals surface area contributed by atoms with Crippen molar-refractivity contribution in [2.75, 3.05) is 12.8 Å². The summed E-state index contributed by atoms with van der Waals surface area (Å²) in [6, 6.07) is 0. The minimum absolute atomic E-state index is 0.0192. The van der Waals surface area contributed by atoms with Gasteiger partial charge in [0.1, 0.15) is 0 Å². The molecule has 4 heteroatoms. The lowest BCUT2D eigenvalue weighted by Gasteiger charge is -2.08. The van der Waals surface area contributed by atoms with Crippen molar-refractivity contribution in [2.45, 2.75) is 33.6 Å². The molecule has 0 aliphatic rings. The van der Waals surface area contributed by atoms with E-state index in [0.717, 1.165) is 12.8 Å². The van der Waals surface area contributed by atoms with E-state index >= 15 is 0 Å². The fourth-order valence-corrected chi connectivity index (χ4v) is 1.37. The van der Waals surface area contributed by atoms with Crippen LogP contribution in [0.4, 0.5) is 4.20 Å². The average molecular weight is 196 g/mol. The Morgan fingerprint density at radius 1 is 1.50 bits per heavy atom. The van der Waals surface area contributed by atoms with Gasteiger partial charge >= 0.3 is 7.68 Å². The Labute approximate surface area is 74.1 Å². The monoisotopic (exact) mass is 196 g/mol. The summed E-state index contributed by atoms with van der Waals surface area (Å²) in [5.74, 6) is 0.592. The maximum absolute atomic E-state index is 12.7. The topological polar surface area (TPSA) is 26.3 Å². The molecular weight excluding hydrogens is 178 g/mol. The predicted octanol–water partition coefficient (Wildman–Crippen LogP) is 3.62. The van der Waals surface area contributed by atoms with Crippen LogP contribution in [0.1, 0.15) is 33.6 Å². The molecule has 0 bridgehead atoms. The maximum Gasteiger partial charge on any atom is 0.367 e. The summed E-state index contributed by atoms with van der Waals surface area (Å²) in [4.78, 5) is 0. The quantitative estimate of drug-likeness (QED) is 0.479. The van der Waals surface area contributed by atoms with Gasteiger partial charge in [-0.3, -0.25) is 4.57 Å². The largest absolute Gasteiger partial charge is 0.367 e. The third kappa shape index (κ3) is 6.81. The van der Waals surface area contributed by atoms with Gasteiger partial charge in [0.05, 0.1) is 12.8 Å². The predicted molar refractivity (Wildman–Crippen MR) is 49.3 cm³/mol. The second kappa shape index (κ2) is 5.71. The van der Waals surface area contributed by atoms with Crippen LogP contribution >= 0.6 is 7.68 Å². The van der Waals surface area contributed by atoms with Crippen molar-refractivity contribution >= 4 is 7.68 Å². The molecule has 0 aliphatic heterocycles. The molecule has 0 amide bonds. The van der Waals surface area contributed by atoms with E-state index < -0.39 is 7.68 Å². The van der Waals surface area contributed by atoms with Crippen molar-refractivity contribution in [1.82, 2.24) is 0 Å². The maximum atomic E-state index is 12.7. The van der Waals surface area contributed by atoms with Gasteiger partial charge < -0.3 is 4.52 Å². The van der Waals surface area contributed by atoms with Gasteiger partial charge in [-0.1, -0.05) is 20.8 Å². The minimum atomic E-state index is -3.73. The minimum Gasteiger partial charge on any atom is -0.306 e. The van der Waals surface area contributed by atoms with Crippen LogP contribution in [0.2, 0.25) is 0 Å². The molecule has 0 aromatic rings. The molecule has 0 aromatic heterocycles. The van der Waals surface area contributed by atoms with Crippen molar-refractivity contribution in [2.24, 2.45) is 5.92 Å². The molecule has 0 fully saturated rings. The molecule has 0 N–H and O–H groups in total. The van der Waals surface area contributed by atoms with E-state index in [-0.39, 0.29) is 12.8 Å². The molecule has 0 aromatic carbocycles. The molecule has 1 atom stereocenters. The van der Waals surface area contributed by atoms with Crippen LogP contribution in [0, 0.1) is 5.92 Å². The van der Waals surface area contributed by atoms with Gasteiger partial charge in [-0.25, -0.2) is 0 Å². The highest BCUT2D eigenvalue weighted by atomic mass is 31.2. The summed E-state index contributed by atoms with van der Waals surface area (Å²) < 4.78 is 28.0. The zero-order chi connectivity index (χ0) is 9.61. The third-order valence-corrected chi connectivity index (χ3v) is 2.91. The number of hydrogen-bond acceptors (Lipinski definition) is 2. The second-order valence-electron chi connectivity index (χ2n) is 3.28. The van der Waals surface area contributed by atoms with E-state index in [1.807, 2.05) is 0 Å². The molecular formula is C8H18FO2P. The van der Waals surface area contributed by atoms with Gasteiger partial charge in [-0.05, 0) is 18.8 Å². The van der Waals surface area contributed by atoms with Crippen molar-refractivity contribution in [3.63, 3.8) is 0 Å². The summed E-state index contributed by atoms with van der Waals surface area (Å²) in [6.07, 6.45) is 1.75. The molecule has 74 valence electrons. The number of rotatable bonds is 6. The molecule has 0 radical (unpaired) electrons. The lowest BCUT2D eigenvalue weighted by Crippen LogP contribution is -1.95. The van der Waals surface area contributed by atoms with Crippen molar-refractivity contribution < 1.29 is 13.3 Å². The first-order chi connectivity index (χ1) is 5.48.